The van der Waals surface area contributed by atoms with Gasteiger partial charge in [-0.1, -0.05) is 6.92 Å². The molecular formula is C15H24N4O2. The summed E-state index contributed by atoms with van der Waals surface area (Å²) in [5.74, 6) is 1.93. The predicted octanol–water partition coefficient (Wildman–Crippen LogP) is 1.53. The molecular weight excluding hydrogens is 268 g/mol. The molecule has 0 spiro atoms. The van der Waals surface area contributed by atoms with Crippen LogP contribution in [0.25, 0.3) is 0 Å². The third-order valence-corrected chi connectivity index (χ3v) is 3.32. The maximum atomic E-state index is 5.89. The quantitative estimate of drug-likeness (QED) is 0.636. The minimum Gasteiger partial charge on any atom is -0.490 e. The third-order valence-electron chi connectivity index (χ3n) is 3.32. The average Bonchev–Trinajstić information content (AvgIpc) is 2.71. The molecule has 6 nitrogen and oxygen atoms in total. The summed E-state index contributed by atoms with van der Waals surface area (Å²) >= 11 is 0. The minimum absolute atomic E-state index is 0.411. The lowest BCUT2D eigenvalue weighted by molar-refractivity contribution is 0.297. The number of likely N-dealkylation sites (N-methyl/N-ethyl adjacent to an activating group) is 1. The lowest BCUT2D eigenvalue weighted by atomic mass is 10.3. The Balaban J connectivity index is 1.93. The fraction of sp³-hybridized carbons (Fsp3) is 0.533. The number of fused-ring (bicyclic) bond motifs is 1. The molecule has 0 fully saturated rings. The summed E-state index contributed by atoms with van der Waals surface area (Å²) in [6, 6.07) is 5.69. The molecule has 0 radical (unpaired) electrons. The molecule has 0 saturated heterocycles. The van der Waals surface area contributed by atoms with Gasteiger partial charge in [0, 0.05) is 24.7 Å². The molecule has 1 aliphatic rings. The molecule has 21 heavy (non-hydrogen) atoms. The zero-order valence-corrected chi connectivity index (χ0v) is 12.8. The van der Waals surface area contributed by atoms with Crippen LogP contribution in [0.5, 0.6) is 11.5 Å². The molecule has 0 aliphatic carbocycles. The normalized spacial score (nSPS) is 14.9. The molecule has 0 unspecified atom stereocenters. The summed E-state index contributed by atoms with van der Waals surface area (Å²) in [6.07, 6.45) is 0.895. The number of rotatable bonds is 5. The van der Waals surface area contributed by atoms with Gasteiger partial charge in [-0.3, -0.25) is 4.99 Å². The van der Waals surface area contributed by atoms with Gasteiger partial charge in [-0.15, -0.1) is 0 Å². The SMILES string of the molecule is CCN(C)CCN=C(N)Nc1ccc2c(c1)OCCCO2. The van der Waals surface area contributed by atoms with Gasteiger partial charge in [-0.05, 0) is 25.7 Å². The van der Waals surface area contributed by atoms with E-state index in [2.05, 4.69) is 29.2 Å². The highest BCUT2D eigenvalue weighted by Crippen LogP contribution is 2.32. The van der Waals surface area contributed by atoms with Crippen LogP contribution in [0.2, 0.25) is 0 Å². The number of hydrogen-bond acceptors (Lipinski definition) is 4. The molecule has 1 aromatic carbocycles. The number of nitrogens with one attached hydrogen (secondary N) is 1. The summed E-state index contributed by atoms with van der Waals surface area (Å²) in [5, 5.41) is 3.08. The number of benzene rings is 1. The van der Waals surface area contributed by atoms with Crippen molar-refractivity contribution in [2.24, 2.45) is 10.7 Å². The number of hydrogen-bond donors (Lipinski definition) is 2. The third kappa shape index (κ3) is 4.82. The van der Waals surface area contributed by atoms with Crippen molar-refractivity contribution in [3.05, 3.63) is 18.2 Å². The van der Waals surface area contributed by atoms with E-state index in [-0.39, 0.29) is 0 Å². The van der Waals surface area contributed by atoms with E-state index in [0.29, 0.717) is 25.7 Å². The van der Waals surface area contributed by atoms with Crippen molar-refractivity contribution in [1.82, 2.24) is 4.90 Å². The van der Waals surface area contributed by atoms with Crippen molar-refractivity contribution in [2.45, 2.75) is 13.3 Å². The highest BCUT2D eigenvalue weighted by Gasteiger charge is 2.10. The van der Waals surface area contributed by atoms with Crippen molar-refractivity contribution in [3.63, 3.8) is 0 Å². The van der Waals surface area contributed by atoms with Crippen molar-refractivity contribution in [2.75, 3.05) is 45.2 Å². The largest absolute Gasteiger partial charge is 0.490 e. The van der Waals surface area contributed by atoms with Gasteiger partial charge in [0.15, 0.2) is 17.5 Å². The first-order valence-corrected chi connectivity index (χ1v) is 7.34. The Bertz CT molecular complexity index is 491. The van der Waals surface area contributed by atoms with E-state index in [0.717, 1.165) is 36.7 Å². The van der Waals surface area contributed by atoms with Crippen LogP contribution in [0, 0.1) is 0 Å². The zero-order chi connectivity index (χ0) is 15.1. The summed E-state index contributed by atoms with van der Waals surface area (Å²) in [6.45, 7) is 6.04. The van der Waals surface area contributed by atoms with Crippen LogP contribution < -0.4 is 20.5 Å². The monoisotopic (exact) mass is 292 g/mol. The number of guanidine groups is 1. The Labute approximate surface area is 125 Å². The molecule has 6 heteroatoms. The smallest absolute Gasteiger partial charge is 0.193 e. The topological polar surface area (TPSA) is 72.1 Å². The second-order valence-corrected chi connectivity index (χ2v) is 5.00. The van der Waals surface area contributed by atoms with Crippen LogP contribution in [0.1, 0.15) is 13.3 Å². The summed E-state index contributed by atoms with van der Waals surface area (Å²) in [7, 11) is 2.06. The maximum absolute atomic E-state index is 5.89. The summed E-state index contributed by atoms with van der Waals surface area (Å²) < 4.78 is 11.2. The van der Waals surface area contributed by atoms with E-state index in [4.69, 9.17) is 15.2 Å². The highest BCUT2D eigenvalue weighted by molar-refractivity contribution is 5.92. The Morgan fingerprint density at radius 2 is 2.10 bits per heavy atom. The standard InChI is InChI=1S/C15H24N4O2/c1-3-19(2)8-7-17-15(16)18-12-5-6-13-14(11-12)21-10-4-9-20-13/h5-6,11H,3-4,7-10H2,1-2H3,(H3,16,17,18). The average molecular weight is 292 g/mol. The van der Waals surface area contributed by atoms with Gasteiger partial charge in [0.2, 0.25) is 0 Å². The van der Waals surface area contributed by atoms with Crippen LogP contribution >= 0.6 is 0 Å². The molecule has 116 valence electrons. The van der Waals surface area contributed by atoms with Gasteiger partial charge in [-0.25, -0.2) is 0 Å². The number of nitrogens with two attached hydrogens (primary N) is 1. The fourth-order valence-corrected chi connectivity index (χ4v) is 1.93. The Kier molecular flexibility index (Phi) is 5.68. The highest BCUT2D eigenvalue weighted by atomic mass is 16.5. The van der Waals surface area contributed by atoms with Crippen molar-refractivity contribution in [3.8, 4) is 11.5 Å². The van der Waals surface area contributed by atoms with Crippen molar-refractivity contribution in [1.29, 1.82) is 0 Å². The molecule has 1 aromatic rings. The van der Waals surface area contributed by atoms with E-state index in [9.17, 15) is 0 Å². The predicted molar refractivity (Wildman–Crippen MR) is 85.3 cm³/mol. The van der Waals surface area contributed by atoms with E-state index in [1.165, 1.54) is 0 Å². The van der Waals surface area contributed by atoms with Gasteiger partial charge in [0.25, 0.3) is 0 Å². The van der Waals surface area contributed by atoms with Crippen LogP contribution in [-0.2, 0) is 0 Å². The van der Waals surface area contributed by atoms with E-state index in [1.54, 1.807) is 0 Å². The molecule has 2 rings (SSSR count). The Morgan fingerprint density at radius 3 is 2.86 bits per heavy atom. The lowest BCUT2D eigenvalue weighted by Crippen LogP contribution is -2.26. The van der Waals surface area contributed by atoms with E-state index < -0.39 is 0 Å². The molecule has 1 aliphatic heterocycles. The summed E-state index contributed by atoms with van der Waals surface area (Å²) in [4.78, 5) is 6.49. The van der Waals surface area contributed by atoms with Crippen molar-refractivity contribution >= 4 is 11.6 Å². The van der Waals surface area contributed by atoms with Crippen LogP contribution in [0.15, 0.2) is 23.2 Å². The Morgan fingerprint density at radius 1 is 1.33 bits per heavy atom. The molecule has 3 N–H and O–H groups in total. The van der Waals surface area contributed by atoms with Gasteiger partial charge in [0.05, 0.1) is 19.8 Å². The van der Waals surface area contributed by atoms with E-state index in [1.807, 2.05) is 18.2 Å². The minimum atomic E-state index is 0.411. The van der Waals surface area contributed by atoms with Crippen LogP contribution in [0.3, 0.4) is 0 Å². The maximum Gasteiger partial charge on any atom is 0.193 e. The number of nitrogens with zero attached hydrogens (tertiary/aromatic N) is 2. The molecule has 0 bridgehead atoms. The zero-order valence-electron chi connectivity index (χ0n) is 12.8. The van der Waals surface area contributed by atoms with Crippen LogP contribution in [-0.4, -0.2) is 50.8 Å². The summed E-state index contributed by atoms with van der Waals surface area (Å²) in [5.41, 5.74) is 6.74. The fourth-order valence-electron chi connectivity index (χ4n) is 1.93. The number of anilines is 1. The molecule has 0 atom stereocenters. The first-order chi connectivity index (χ1) is 10.2. The molecule has 0 aromatic heterocycles. The van der Waals surface area contributed by atoms with Gasteiger partial charge < -0.3 is 25.4 Å². The molecule has 0 saturated carbocycles. The first-order valence-electron chi connectivity index (χ1n) is 7.34. The molecule has 1 heterocycles. The van der Waals surface area contributed by atoms with Crippen molar-refractivity contribution < 1.29 is 9.47 Å². The van der Waals surface area contributed by atoms with Gasteiger partial charge in [0.1, 0.15) is 0 Å². The lowest BCUT2D eigenvalue weighted by Gasteiger charge is -2.13. The Hall–Kier alpha value is -1.95. The second kappa shape index (κ2) is 7.73. The van der Waals surface area contributed by atoms with E-state index >= 15 is 0 Å². The molecule has 0 amide bonds. The number of aliphatic imine (C=N–C) groups is 1. The van der Waals surface area contributed by atoms with Crippen LogP contribution in [0.4, 0.5) is 5.69 Å². The van der Waals surface area contributed by atoms with Gasteiger partial charge >= 0.3 is 0 Å². The van der Waals surface area contributed by atoms with Gasteiger partial charge in [-0.2, -0.15) is 0 Å². The number of ether oxygens (including phenoxy) is 2. The second-order valence-electron chi connectivity index (χ2n) is 5.00. The first kappa shape index (κ1) is 15.4.